The van der Waals surface area contributed by atoms with Crippen LogP contribution in [-0.2, 0) is 13.0 Å². The minimum atomic E-state index is 0.650. The number of likely N-dealkylation sites (N-methyl/N-ethyl adjacent to an activating group) is 1. The maximum absolute atomic E-state index is 3.50. The molecule has 0 radical (unpaired) electrons. The molecule has 3 heteroatoms. The fourth-order valence-electron chi connectivity index (χ4n) is 3.52. The van der Waals surface area contributed by atoms with Crippen molar-refractivity contribution in [3.05, 3.63) is 29.3 Å². The molecule has 1 unspecified atom stereocenters. The van der Waals surface area contributed by atoms with Gasteiger partial charge in [-0.05, 0) is 57.0 Å². The molecule has 3 nitrogen and oxygen atoms in total. The summed E-state index contributed by atoms with van der Waals surface area (Å²) in [5, 5.41) is 3.50. The number of nitrogens with one attached hydrogen (secondary N) is 1. The predicted octanol–water partition coefficient (Wildman–Crippen LogP) is 2.57. The van der Waals surface area contributed by atoms with E-state index in [9.17, 15) is 0 Å². The van der Waals surface area contributed by atoms with Gasteiger partial charge >= 0.3 is 0 Å². The van der Waals surface area contributed by atoms with E-state index in [1.165, 1.54) is 55.7 Å². The van der Waals surface area contributed by atoms with Gasteiger partial charge in [-0.25, -0.2) is 0 Å². The van der Waals surface area contributed by atoms with Crippen LogP contribution in [0, 0.1) is 0 Å². The zero-order valence-electron chi connectivity index (χ0n) is 12.9. The summed E-state index contributed by atoms with van der Waals surface area (Å²) in [5.74, 6) is 0. The standard InChI is InChI=1S/C17H27N3/c1-14-12-19(2)9-4-10-20(14)13-15-6-7-17-16(11-15)5-3-8-18-17/h6-7,11,14,18H,3-5,8-10,12-13H2,1-2H3. The van der Waals surface area contributed by atoms with E-state index >= 15 is 0 Å². The molecule has 1 aromatic rings. The SMILES string of the molecule is CC1CN(C)CCCN1Cc1ccc2c(c1)CCCN2. The Morgan fingerprint density at radius 1 is 1.25 bits per heavy atom. The lowest BCUT2D eigenvalue weighted by Crippen LogP contribution is -2.37. The number of anilines is 1. The Hall–Kier alpha value is -1.06. The molecule has 1 saturated heterocycles. The Morgan fingerprint density at radius 2 is 2.15 bits per heavy atom. The summed E-state index contributed by atoms with van der Waals surface area (Å²) in [5.41, 5.74) is 4.33. The van der Waals surface area contributed by atoms with Crippen LogP contribution in [0.1, 0.15) is 30.9 Å². The van der Waals surface area contributed by atoms with Gasteiger partial charge in [0.25, 0.3) is 0 Å². The van der Waals surface area contributed by atoms with Gasteiger partial charge in [0.05, 0.1) is 0 Å². The molecule has 2 aliphatic rings. The zero-order valence-corrected chi connectivity index (χ0v) is 12.9. The molecule has 1 N–H and O–H groups in total. The van der Waals surface area contributed by atoms with Gasteiger partial charge < -0.3 is 10.2 Å². The third-order valence-electron chi connectivity index (χ3n) is 4.68. The minimum Gasteiger partial charge on any atom is -0.385 e. The van der Waals surface area contributed by atoms with Crippen molar-refractivity contribution in [1.82, 2.24) is 9.80 Å². The van der Waals surface area contributed by atoms with Crippen LogP contribution in [0.25, 0.3) is 0 Å². The van der Waals surface area contributed by atoms with Crippen molar-refractivity contribution in [1.29, 1.82) is 0 Å². The van der Waals surface area contributed by atoms with Crippen molar-refractivity contribution < 1.29 is 0 Å². The van der Waals surface area contributed by atoms with Crippen molar-refractivity contribution in [3.8, 4) is 0 Å². The van der Waals surface area contributed by atoms with Crippen LogP contribution in [0.5, 0.6) is 0 Å². The van der Waals surface area contributed by atoms with E-state index in [-0.39, 0.29) is 0 Å². The van der Waals surface area contributed by atoms with E-state index in [4.69, 9.17) is 0 Å². The maximum Gasteiger partial charge on any atom is 0.0372 e. The quantitative estimate of drug-likeness (QED) is 0.893. The first-order chi connectivity index (χ1) is 9.72. The number of hydrogen-bond donors (Lipinski definition) is 1. The molecule has 2 heterocycles. The van der Waals surface area contributed by atoms with Gasteiger partial charge in [0.2, 0.25) is 0 Å². The number of fused-ring (bicyclic) bond motifs is 1. The number of hydrogen-bond acceptors (Lipinski definition) is 3. The highest BCUT2D eigenvalue weighted by Crippen LogP contribution is 2.24. The van der Waals surface area contributed by atoms with Crippen LogP contribution in [0.15, 0.2) is 18.2 Å². The van der Waals surface area contributed by atoms with Crippen LogP contribution in [-0.4, -0.2) is 49.1 Å². The third kappa shape index (κ3) is 3.15. The van der Waals surface area contributed by atoms with Gasteiger partial charge in [0.15, 0.2) is 0 Å². The number of benzene rings is 1. The summed E-state index contributed by atoms with van der Waals surface area (Å²) >= 11 is 0. The number of rotatable bonds is 2. The van der Waals surface area contributed by atoms with Gasteiger partial charge in [-0.3, -0.25) is 4.90 Å². The van der Waals surface area contributed by atoms with Gasteiger partial charge in [-0.2, -0.15) is 0 Å². The highest BCUT2D eigenvalue weighted by molar-refractivity contribution is 5.54. The smallest absolute Gasteiger partial charge is 0.0372 e. The van der Waals surface area contributed by atoms with Crippen molar-refractivity contribution in [2.45, 2.75) is 38.8 Å². The van der Waals surface area contributed by atoms with Gasteiger partial charge in [0.1, 0.15) is 0 Å². The third-order valence-corrected chi connectivity index (χ3v) is 4.68. The highest BCUT2D eigenvalue weighted by atomic mass is 15.2. The molecule has 1 aromatic carbocycles. The second-order valence-electron chi connectivity index (χ2n) is 6.46. The molecule has 0 amide bonds. The molecule has 0 bridgehead atoms. The molecule has 2 aliphatic heterocycles. The fraction of sp³-hybridized carbons (Fsp3) is 0.647. The van der Waals surface area contributed by atoms with Crippen molar-refractivity contribution >= 4 is 5.69 Å². The van der Waals surface area contributed by atoms with Crippen LogP contribution in [0.2, 0.25) is 0 Å². The van der Waals surface area contributed by atoms with Crippen molar-refractivity contribution in [2.24, 2.45) is 0 Å². The molecule has 20 heavy (non-hydrogen) atoms. The Bertz CT molecular complexity index is 458. The van der Waals surface area contributed by atoms with Crippen LogP contribution in [0.4, 0.5) is 5.69 Å². The summed E-state index contributed by atoms with van der Waals surface area (Å²) in [4.78, 5) is 5.10. The Balaban J connectivity index is 1.70. The van der Waals surface area contributed by atoms with Gasteiger partial charge in [-0.1, -0.05) is 12.1 Å². The first-order valence-electron chi connectivity index (χ1n) is 8.00. The average Bonchev–Trinajstić information content (AvgIpc) is 2.60. The van der Waals surface area contributed by atoms with Gasteiger partial charge in [0, 0.05) is 37.9 Å². The van der Waals surface area contributed by atoms with Crippen LogP contribution >= 0.6 is 0 Å². The highest BCUT2D eigenvalue weighted by Gasteiger charge is 2.20. The lowest BCUT2D eigenvalue weighted by Gasteiger charge is -2.28. The summed E-state index contributed by atoms with van der Waals surface area (Å²) < 4.78 is 0. The number of aryl methyl sites for hydroxylation is 1. The Labute approximate surface area is 123 Å². The number of nitrogens with zero attached hydrogens (tertiary/aromatic N) is 2. The van der Waals surface area contributed by atoms with E-state index in [2.05, 4.69) is 47.3 Å². The first kappa shape index (κ1) is 13.9. The van der Waals surface area contributed by atoms with Crippen LogP contribution < -0.4 is 5.32 Å². The average molecular weight is 273 g/mol. The molecule has 0 spiro atoms. The first-order valence-corrected chi connectivity index (χ1v) is 8.00. The molecule has 110 valence electrons. The largest absolute Gasteiger partial charge is 0.385 e. The van der Waals surface area contributed by atoms with E-state index in [1.807, 2.05) is 0 Å². The molecule has 0 aromatic heterocycles. The zero-order chi connectivity index (χ0) is 13.9. The monoisotopic (exact) mass is 273 g/mol. The van der Waals surface area contributed by atoms with Crippen molar-refractivity contribution in [3.63, 3.8) is 0 Å². The van der Waals surface area contributed by atoms with E-state index < -0.39 is 0 Å². The summed E-state index contributed by atoms with van der Waals surface area (Å²) in [7, 11) is 2.24. The predicted molar refractivity (Wildman–Crippen MR) is 85.2 cm³/mol. The molecular weight excluding hydrogens is 246 g/mol. The second-order valence-corrected chi connectivity index (χ2v) is 6.46. The van der Waals surface area contributed by atoms with E-state index in [1.54, 1.807) is 0 Å². The Kier molecular flexibility index (Phi) is 4.27. The maximum atomic E-state index is 3.50. The lowest BCUT2D eigenvalue weighted by atomic mass is 10.0. The normalized spacial score (nSPS) is 24.8. The minimum absolute atomic E-state index is 0.650. The van der Waals surface area contributed by atoms with E-state index in [0.717, 1.165) is 13.1 Å². The molecule has 1 fully saturated rings. The Morgan fingerprint density at radius 3 is 3.05 bits per heavy atom. The molecule has 3 rings (SSSR count). The molecular formula is C17H27N3. The summed E-state index contributed by atoms with van der Waals surface area (Å²) in [6, 6.07) is 7.65. The fourth-order valence-corrected chi connectivity index (χ4v) is 3.52. The van der Waals surface area contributed by atoms with Gasteiger partial charge in [-0.15, -0.1) is 0 Å². The topological polar surface area (TPSA) is 18.5 Å². The molecule has 1 atom stereocenters. The summed E-state index contributed by atoms with van der Waals surface area (Å²) in [6.45, 7) is 8.23. The molecule has 0 aliphatic carbocycles. The summed E-state index contributed by atoms with van der Waals surface area (Å²) in [6.07, 6.45) is 3.78. The second kappa shape index (κ2) is 6.15. The van der Waals surface area contributed by atoms with E-state index in [0.29, 0.717) is 6.04 Å². The lowest BCUT2D eigenvalue weighted by molar-refractivity contribution is 0.194. The van der Waals surface area contributed by atoms with Crippen LogP contribution in [0.3, 0.4) is 0 Å². The molecule has 0 saturated carbocycles. The van der Waals surface area contributed by atoms with Crippen molar-refractivity contribution in [2.75, 3.05) is 38.5 Å².